The van der Waals surface area contributed by atoms with E-state index in [9.17, 15) is 34.2 Å². The molecule has 9 nitrogen and oxygen atoms in total. The van der Waals surface area contributed by atoms with Crippen molar-refractivity contribution in [3.63, 3.8) is 0 Å². The summed E-state index contributed by atoms with van der Waals surface area (Å²) >= 11 is 0. The van der Waals surface area contributed by atoms with Gasteiger partial charge >= 0.3 is 6.18 Å². The van der Waals surface area contributed by atoms with Gasteiger partial charge in [0.15, 0.2) is 22.7 Å². The van der Waals surface area contributed by atoms with E-state index < -0.39 is 11.7 Å². The Kier molecular flexibility index (Phi) is 12.0. The minimum Gasteiger partial charge on any atom is -0.309 e. The van der Waals surface area contributed by atoms with E-state index in [1.54, 1.807) is 77.4 Å². The number of nitrogens with zero attached hydrogens (tertiary/aromatic N) is 9. The molecule has 0 bridgehead atoms. The minimum atomic E-state index is -4.72. The average molecular weight is 968 g/mol. The summed E-state index contributed by atoms with van der Waals surface area (Å²) in [7, 11) is 0. The van der Waals surface area contributed by atoms with Gasteiger partial charge in [0.1, 0.15) is 0 Å². The van der Waals surface area contributed by atoms with Crippen molar-refractivity contribution in [2.75, 3.05) is 0 Å². The molecule has 0 amide bonds. The zero-order chi connectivity index (χ0) is 52.5. The molecule has 10 aromatic rings. The molecule has 0 aliphatic heterocycles. The molecule has 0 saturated carbocycles. The van der Waals surface area contributed by atoms with Gasteiger partial charge in [0, 0.05) is 21.9 Å². The van der Waals surface area contributed by atoms with Crippen molar-refractivity contribution in [3.8, 4) is 96.7 Å². The first-order valence-corrected chi connectivity index (χ1v) is 22.6. The van der Waals surface area contributed by atoms with Gasteiger partial charge in [-0.2, -0.15) is 34.2 Å². The van der Waals surface area contributed by atoms with Crippen LogP contribution in [0, 0.1) is 71.6 Å². The number of para-hydroxylation sites is 1. The van der Waals surface area contributed by atoms with Crippen molar-refractivity contribution in [3.05, 3.63) is 243 Å². The topological polar surface area (TPSA) is 118 Å². The van der Waals surface area contributed by atoms with Gasteiger partial charge in [-0.15, -0.1) is 0 Å². The number of halogens is 3. The predicted molar refractivity (Wildman–Crippen MR) is 282 cm³/mol. The van der Waals surface area contributed by atoms with Crippen LogP contribution in [0.3, 0.4) is 0 Å². The molecule has 0 aliphatic carbocycles. The van der Waals surface area contributed by atoms with Crippen molar-refractivity contribution in [2.24, 2.45) is 0 Å². The van der Waals surface area contributed by atoms with E-state index in [4.69, 9.17) is 26.3 Å². The monoisotopic (exact) mass is 967 g/mol. The van der Waals surface area contributed by atoms with Crippen LogP contribution in [-0.4, -0.2) is 4.57 Å². The summed E-state index contributed by atoms with van der Waals surface area (Å²) in [5.41, 5.74) is 9.29. The third-order valence-corrected chi connectivity index (χ3v) is 12.8. The molecule has 10 rings (SSSR count). The normalized spacial score (nSPS) is 10.8. The summed E-state index contributed by atoms with van der Waals surface area (Å²) in [5.74, 6) is 0. The highest BCUT2D eigenvalue weighted by Gasteiger charge is 2.34. The van der Waals surface area contributed by atoms with Crippen LogP contribution in [0.1, 0.15) is 27.8 Å². The van der Waals surface area contributed by atoms with E-state index in [2.05, 4.69) is 43.7 Å². The zero-order valence-corrected chi connectivity index (χ0v) is 38.8. The average Bonchev–Trinajstić information content (AvgIpc) is 3.79. The third kappa shape index (κ3) is 8.99. The van der Waals surface area contributed by atoms with Gasteiger partial charge in [-0.3, -0.25) is 0 Å². The molecule has 0 radical (unpaired) electrons. The lowest BCUT2D eigenvalue weighted by atomic mass is 9.91. The van der Waals surface area contributed by atoms with Crippen molar-refractivity contribution >= 4 is 44.6 Å². The van der Waals surface area contributed by atoms with E-state index in [1.807, 2.05) is 54.6 Å². The van der Waals surface area contributed by atoms with Crippen molar-refractivity contribution in [1.82, 2.24) is 4.57 Å². The Balaban J connectivity index is 1.26. The lowest BCUT2D eigenvalue weighted by Crippen LogP contribution is -2.10. The Morgan fingerprint density at radius 3 is 1.04 bits per heavy atom. The number of rotatable bonds is 7. The number of alkyl halides is 3. The van der Waals surface area contributed by atoms with Gasteiger partial charge in [-0.1, -0.05) is 42.5 Å². The quantitative estimate of drug-likeness (QED) is 0.148. The molecule has 1 aromatic heterocycles. The Morgan fingerprint density at radius 2 is 0.667 bits per heavy atom. The van der Waals surface area contributed by atoms with Crippen molar-refractivity contribution in [2.45, 2.75) is 6.18 Å². The molecule has 0 fully saturated rings. The second kappa shape index (κ2) is 19.0. The summed E-state index contributed by atoms with van der Waals surface area (Å²) in [5, 5.41) is 40.9. The highest BCUT2D eigenvalue weighted by Crippen LogP contribution is 2.44. The highest BCUT2D eigenvalue weighted by atomic mass is 19.4. The van der Waals surface area contributed by atoms with E-state index in [-0.39, 0.29) is 50.7 Å². The van der Waals surface area contributed by atoms with Crippen LogP contribution >= 0.6 is 0 Å². The second-order valence-corrected chi connectivity index (χ2v) is 17.4. The number of hydrogen-bond acceptors (Lipinski definition) is 4. The fraction of sp³-hybridized carbons (Fsp3) is 0.0159. The molecule has 0 spiro atoms. The molecule has 9 aromatic carbocycles. The van der Waals surface area contributed by atoms with Gasteiger partial charge in [0.2, 0.25) is 0 Å². The Labute approximate surface area is 427 Å². The third-order valence-electron chi connectivity index (χ3n) is 12.8. The van der Waals surface area contributed by atoms with Crippen LogP contribution in [0.2, 0.25) is 0 Å². The fourth-order valence-corrected chi connectivity index (χ4v) is 9.43. The summed E-state index contributed by atoms with van der Waals surface area (Å²) in [6.07, 6.45) is -4.72. The molecular formula is C63H28F3N9. The maximum atomic E-state index is 15.0. The number of benzene rings is 9. The van der Waals surface area contributed by atoms with Gasteiger partial charge in [0.25, 0.3) is 0 Å². The first-order valence-electron chi connectivity index (χ1n) is 22.6. The molecule has 75 heavy (non-hydrogen) atoms. The molecule has 0 saturated heterocycles. The summed E-state index contributed by atoms with van der Waals surface area (Å²) in [4.78, 5) is 14.4. The van der Waals surface area contributed by atoms with Crippen molar-refractivity contribution in [1.29, 1.82) is 21.0 Å². The lowest BCUT2D eigenvalue weighted by molar-refractivity contribution is -0.137. The zero-order valence-electron chi connectivity index (χ0n) is 38.8. The first-order chi connectivity index (χ1) is 36.3. The van der Waals surface area contributed by atoms with E-state index >= 15 is 0 Å². The molecule has 0 atom stereocenters. The van der Waals surface area contributed by atoms with Gasteiger partial charge in [0.05, 0.1) is 84.0 Å². The molecule has 0 unspecified atom stereocenters. The summed E-state index contributed by atoms with van der Waals surface area (Å²) in [6.45, 7) is 31.0. The van der Waals surface area contributed by atoms with Crippen LogP contribution in [0.5, 0.6) is 0 Å². The molecule has 0 N–H and O–H groups in total. The van der Waals surface area contributed by atoms with Crippen LogP contribution in [0.4, 0.5) is 35.9 Å². The number of aromatic nitrogens is 1. The first kappa shape index (κ1) is 47.2. The van der Waals surface area contributed by atoms with E-state index in [0.717, 1.165) is 6.07 Å². The van der Waals surface area contributed by atoms with Crippen molar-refractivity contribution < 1.29 is 13.2 Å². The molecular weight excluding hydrogens is 940 g/mol. The number of hydrogen-bond donors (Lipinski definition) is 0. The Bertz CT molecular complexity index is 3890. The highest BCUT2D eigenvalue weighted by molar-refractivity contribution is 6.12. The van der Waals surface area contributed by atoms with E-state index in [0.29, 0.717) is 88.6 Å². The predicted octanol–water partition coefficient (Wildman–Crippen LogP) is 17.5. The lowest BCUT2D eigenvalue weighted by Gasteiger charge is -2.16. The SMILES string of the molecule is [C-]#[N+]c1cc(C#N)cc(-c2cc(-c3cc(C#N)cc(C#N)c3)cc(-c3ccc4c(c3)c3cc(-c5cc(-c6cc(C#N)cc([N+]#[C-])c6)cc(-c6cc([N+]#[C-])cc([N+]#[C-])c6)c5)ccc3n4-c3ccccc3C(F)(F)F)c2)c1. The minimum absolute atomic E-state index is 0.0963. The standard InChI is InChI=1S/C63H28F3N9/c1-71-53-18-39(35-69)16-44(26-53)49-21-46(20-48(24-49)43-14-37(33-67)13-38(15-43)34-68)41-9-11-60-57(30-41)58-31-42(10-12-61(58)75(60)62-8-6-5-7-59(62)63(64,65)66)47-22-50(45-17-40(36-70)19-54(27-45)72-2)25-51(23-47)52-28-55(73-3)32-56(29-52)74-4/h5-32H. The van der Waals surface area contributed by atoms with Gasteiger partial charge in [-0.25, -0.2) is 19.4 Å². The Hall–Kier alpha value is -11.5. The maximum Gasteiger partial charge on any atom is 0.418 e. The fourth-order valence-electron chi connectivity index (χ4n) is 9.43. The molecule has 0 aliphatic rings. The summed E-state index contributed by atoms with van der Waals surface area (Å²) in [6, 6.07) is 55.3. The number of nitriles is 4. The largest absolute Gasteiger partial charge is 0.418 e. The van der Waals surface area contributed by atoms with Crippen LogP contribution in [0.25, 0.3) is 114 Å². The van der Waals surface area contributed by atoms with Gasteiger partial charge in [-0.05, 0) is 194 Å². The number of fused-ring (bicyclic) bond motifs is 3. The van der Waals surface area contributed by atoms with E-state index in [1.165, 1.54) is 36.4 Å². The second-order valence-electron chi connectivity index (χ2n) is 17.4. The maximum absolute atomic E-state index is 15.0. The van der Waals surface area contributed by atoms with Gasteiger partial charge < -0.3 is 4.57 Å². The molecule has 1 heterocycles. The summed E-state index contributed by atoms with van der Waals surface area (Å²) < 4.78 is 46.4. The van der Waals surface area contributed by atoms with Crippen LogP contribution in [-0.2, 0) is 6.18 Å². The van der Waals surface area contributed by atoms with Crippen LogP contribution < -0.4 is 0 Å². The molecule has 12 heteroatoms. The smallest absolute Gasteiger partial charge is 0.309 e. The van der Waals surface area contributed by atoms with Crippen LogP contribution in [0.15, 0.2) is 170 Å². The Morgan fingerprint density at radius 1 is 0.347 bits per heavy atom. The molecule has 346 valence electrons.